The van der Waals surface area contributed by atoms with Crippen LogP contribution < -0.4 is 10.5 Å². The zero-order valence-corrected chi connectivity index (χ0v) is 10.3. The molecule has 0 aliphatic heterocycles. The summed E-state index contributed by atoms with van der Waals surface area (Å²) in [6, 6.07) is 3.03. The number of rotatable bonds is 3. The number of carbonyl (C=O) groups is 1. The molecule has 17 heavy (non-hydrogen) atoms. The molecule has 3 N–H and O–H groups in total. The number of hydrogen-bond donors (Lipinski definition) is 2. The summed E-state index contributed by atoms with van der Waals surface area (Å²) in [6.45, 7) is 1.86. The van der Waals surface area contributed by atoms with Gasteiger partial charge in [-0.15, -0.1) is 0 Å². The number of nitrogens with two attached hydrogens (primary N) is 1. The number of aromatic hydroxyl groups is 1. The first-order valence-electron chi connectivity index (χ1n) is 5.40. The fraction of sp³-hybridized carbons (Fsp3) is 0.417. The van der Waals surface area contributed by atoms with Crippen LogP contribution >= 0.6 is 11.6 Å². The maximum absolute atomic E-state index is 11.1. The van der Waals surface area contributed by atoms with Crippen molar-refractivity contribution in [3.05, 3.63) is 22.7 Å². The number of esters is 1. The van der Waals surface area contributed by atoms with Gasteiger partial charge in [-0.2, -0.15) is 0 Å². The molecule has 0 aromatic heterocycles. The van der Waals surface area contributed by atoms with Gasteiger partial charge < -0.3 is 15.6 Å². The minimum Gasteiger partial charge on any atom is -0.504 e. The van der Waals surface area contributed by atoms with Crippen molar-refractivity contribution in [2.45, 2.75) is 25.2 Å². The van der Waals surface area contributed by atoms with Crippen LogP contribution in [0.5, 0.6) is 11.5 Å². The van der Waals surface area contributed by atoms with Gasteiger partial charge in [-0.25, -0.2) is 0 Å². The van der Waals surface area contributed by atoms with E-state index in [1.165, 1.54) is 6.07 Å². The van der Waals surface area contributed by atoms with Crippen LogP contribution in [0.3, 0.4) is 0 Å². The topological polar surface area (TPSA) is 72.5 Å². The molecule has 1 saturated carbocycles. The van der Waals surface area contributed by atoms with E-state index in [1.807, 2.05) is 0 Å². The second kappa shape index (κ2) is 4.20. The Hall–Kier alpha value is -1.26. The number of phenols is 1. The van der Waals surface area contributed by atoms with Crippen LogP contribution in [-0.2, 0) is 10.2 Å². The number of ether oxygens (including phenoxy) is 1. The summed E-state index contributed by atoms with van der Waals surface area (Å²) in [5, 5.41) is 10.1. The van der Waals surface area contributed by atoms with E-state index in [0.717, 1.165) is 18.4 Å². The zero-order chi connectivity index (χ0) is 12.6. The lowest BCUT2D eigenvalue weighted by molar-refractivity contribution is -0.132. The van der Waals surface area contributed by atoms with Crippen molar-refractivity contribution in [3.63, 3.8) is 0 Å². The summed E-state index contributed by atoms with van der Waals surface area (Å²) in [7, 11) is 0. The molecule has 1 aromatic carbocycles. The minimum absolute atomic E-state index is 0.0364. The van der Waals surface area contributed by atoms with Gasteiger partial charge in [-0.3, -0.25) is 4.79 Å². The first kappa shape index (κ1) is 12.2. The molecule has 0 heterocycles. The van der Waals surface area contributed by atoms with Crippen LogP contribution in [0.25, 0.3) is 0 Å². The normalized spacial score (nSPS) is 16.6. The van der Waals surface area contributed by atoms with Gasteiger partial charge in [0.15, 0.2) is 11.5 Å². The Morgan fingerprint density at radius 1 is 1.59 bits per heavy atom. The lowest BCUT2D eigenvalue weighted by Gasteiger charge is -2.14. The molecule has 0 radical (unpaired) electrons. The third-order valence-electron chi connectivity index (χ3n) is 3.09. The molecular weight excluding hydrogens is 242 g/mol. The molecule has 1 aliphatic rings. The summed E-state index contributed by atoms with van der Waals surface area (Å²) >= 11 is 6.07. The number of hydrogen-bond acceptors (Lipinski definition) is 4. The van der Waals surface area contributed by atoms with E-state index in [1.54, 1.807) is 6.07 Å². The van der Waals surface area contributed by atoms with Crippen molar-refractivity contribution in [1.29, 1.82) is 0 Å². The summed E-state index contributed by atoms with van der Waals surface area (Å²) in [5.41, 5.74) is 6.09. The Morgan fingerprint density at radius 2 is 2.24 bits per heavy atom. The fourth-order valence-corrected chi connectivity index (χ4v) is 2.09. The average molecular weight is 256 g/mol. The monoisotopic (exact) mass is 255 g/mol. The maximum Gasteiger partial charge on any atom is 0.325 e. The number of carbonyl (C=O) groups excluding carboxylic acids is 1. The molecule has 1 aromatic rings. The first-order chi connectivity index (χ1) is 7.96. The SMILES string of the molecule is CC1(c2cc(OC(=O)CN)c(O)cc2Cl)CC1. The second-order valence-corrected chi connectivity index (χ2v) is 4.95. The molecule has 1 aliphatic carbocycles. The molecule has 0 atom stereocenters. The van der Waals surface area contributed by atoms with Gasteiger partial charge in [0.25, 0.3) is 0 Å². The largest absolute Gasteiger partial charge is 0.504 e. The number of benzene rings is 1. The van der Waals surface area contributed by atoms with Crippen LogP contribution in [0.1, 0.15) is 25.3 Å². The molecule has 0 saturated heterocycles. The van der Waals surface area contributed by atoms with Gasteiger partial charge in [0.1, 0.15) is 0 Å². The van der Waals surface area contributed by atoms with E-state index in [-0.39, 0.29) is 23.5 Å². The molecule has 0 unspecified atom stereocenters. The van der Waals surface area contributed by atoms with Gasteiger partial charge in [0, 0.05) is 11.1 Å². The highest BCUT2D eigenvalue weighted by Crippen LogP contribution is 2.51. The molecule has 5 heteroatoms. The summed E-state index contributed by atoms with van der Waals surface area (Å²) in [6.07, 6.45) is 2.09. The van der Waals surface area contributed by atoms with Gasteiger partial charge in [0.2, 0.25) is 0 Å². The lowest BCUT2D eigenvalue weighted by atomic mass is 9.98. The third-order valence-corrected chi connectivity index (χ3v) is 3.40. The van der Waals surface area contributed by atoms with Gasteiger partial charge in [-0.1, -0.05) is 18.5 Å². The maximum atomic E-state index is 11.1. The van der Waals surface area contributed by atoms with E-state index in [4.69, 9.17) is 22.1 Å². The van der Waals surface area contributed by atoms with Crippen molar-refractivity contribution in [2.24, 2.45) is 5.73 Å². The molecule has 2 rings (SSSR count). The van der Waals surface area contributed by atoms with Crippen molar-refractivity contribution >= 4 is 17.6 Å². The quantitative estimate of drug-likeness (QED) is 0.640. The third kappa shape index (κ3) is 2.37. The van der Waals surface area contributed by atoms with Crippen LogP contribution in [0.15, 0.2) is 12.1 Å². The lowest BCUT2D eigenvalue weighted by Crippen LogP contribution is -2.19. The molecule has 0 amide bonds. The van der Waals surface area contributed by atoms with Crippen LogP contribution in [0, 0.1) is 0 Å². The molecular formula is C12H14ClNO3. The molecule has 0 bridgehead atoms. The Kier molecular flexibility index (Phi) is 3.02. The highest BCUT2D eigenvalue weighted by atomic mass is 35.5. The first-order valence-corrected chi connectivity index (χ1v) is 5.78. The molecule has 4 nitrogen and oxygen atoms in total. The smallest absolute Gasteiger partial charge is 0.325 e. The van der Waals surface area contributed by atoms with Crippen molar-refractivity contribution in [1.82, 2.24) is 0 Å². The highest BCUT2D eigenvalue weighted by molar-refractivity contribution is 6.31. The Balaban J connectivity index is 2.36. The van der Waals surface area contributed by atoms with Gasteiger partial charge in [-0.05, 0) is 29.9 Å². The van der Waals surface area contributed by atoms with E-state index in [0.29, 0.717) is 5.02 Å². The van der Waals surface area contributed by atoms with Crippen molar-refractivity contribution in [3.8, 4) is 11.5 Å². The Labute approximate surface area is 104 Å². The van der Waals surface area contributed by atoms with Crippen LogP contribution in [0.2, 0.25) is 5.02 Å². The number of phenolic OH excluding ortho intramolecular Hbond substituents is 1. The van der Waals surface area contributed by atoms with Crippen LogP contribution in [0.4, 0.5) is 0 Å². The highest BCUT2D eigenvalue weighted by Gasteiger charge is 2.41. The van der Waals surface area contributed by atoms with Crippen molar-refractivity contribution < 1.29 is 14.6 Å². The van der Waals surface area contributed by atoms with E-state index in [2.05, 4.69) is 6.92 Å². The van der Waals surface area contributed by atoms with Crippen LogP contribution in [-0.4, -0.2) is 17.6 Å². The summed E-state index contributed by atoms with van der Waals surface area (Å²) in [4.78, 5) is 11.1. The van der Waals surface area contributed by atoms with Gasteiger partial charge >= 0.3 is 5.97 Å². The summed E-state index contributed by atoms with van der Waals surface area (Å²) < 4.78 is 4.94. The van der Waals surface area contributed by atoms with E-state index < -0.39 is 5.97 Å². The Morgan fingerprint density at radius 3 is 2.76 bits per heavy atom. The molecule has 0 spiro atoms. The molecule has 92 valence electrons. The van der Waals surface area contributed by atoms with Gasteiger partial charge in [0.05, 0.1) is 6.54 Å². The predicted octanol–water partition coefficient (Wildman–Crippen LogP) is 1.96. The van der Waals surface area contributed by atoms with E-state index in [9.17, 15) is 9.90 Å². The fourth-order valence-electron chi connectivity index (χ4n) is 1.71. The predicted molar refractivity (Wildman–Crippen MR) is 64.4 cm³/mol. The Bertz CT molecular complexity index is 469. The molecule has 1 fully saturated rings. The second-order valence-electron chi connectivity index (χ2n) is 4.54. The van der Waals surface area contributed by atoms with E-state index >= 15 is 0 Å². The zero-order valence-electron chi connectivity index (χ0n) is 9.50. The average Bonchev–Trinajstić information content (AvgIpc) is 3.01. The number of halogens is 1. The van der Waals surface area contributed by atoms with Crippen molar-refractivity contribution in [2.75, 3.05) is 6.54 Å². The standard InChI is InChI=1S/C12H14ClNO3/c1-12(2-3-12)7-4-10(17-11(16)6-14)9(15)5-8(7)13/h4-5,15H,2-3,6,14H2,1H3. The summed E-state index contributed by atoms with van der Waals surface area (Å²) in [5.74, 6) is -0.618. The minimum atomic E-state index is -0.588.